The molecular weight excluding hydrogens is 398 g/mol. The van der Waals surface area contributed by atoms with Crippen LogP contribution in [0, 0.1) is 0 Å². The summed E-state index contributed by atoms with van der Waals surface area (Å²) >= 11 is 3.16. The average Bonchev–Trinajstić information content (AvgIpc) is 3.14. The number of methoxy groups -OCH3 is 1. The Bertz CT molecular complexity index is 885. The molecule has 0 aliphatic carbocycles. The number of halogens is 1. The lowest BCUT2D eigenvalue weighted by atomic mass is 10.2. The number of hydrogen-bond donors (Lipinski definition) is 0. The SMILES string of the molecule is COc1ccc(N(C(=O)c2ccc(Br)o2)[C@H]2C=CS(=O)(=O)C2)cc1. The number of nitrogens with zero attached hydrogens (tertiary/aromatic N) is 1. The fourth-order valence-electron chi connectivity index (χ4n) is 2.47. The maximum atomic E-state index is 12.9. The van der Waals surface area contributed by atoms with Crippen LogP contribution in [0.25, 0.3) is 0 Å². The first-order valence-electron chi connectivity index (χ1n) is 7.03. The van der Waals surface area contributed by atoms with Gasteiger partial charge in [-0.2, -0.15) is 0 Å². The molecule has 1 aliphatic heterocycles. The minimum Gasteiger partial charge on any atom is -0.497 e. The van der Waals surface area contributed by atoms with Crippen molar-refractivity contribution in [1.29, 1.82) is 0 Å². The van der Waals surface area contributed by atoms with E-state index in [1.54, 1.807) is 37.4 Å². The summed E-state index contributed by atoms with van der Waals surface area (Å²) in [7, 11) is -1.76. The van der Waals surface area contributed by atoms with E-state index in [1.165, 1.54) is 17.0 Å². The predicted molar refractivity (Wildman–Crippen MR) is 92.9 cm³/mol. The molecule has 0 fully saturated rings. The highest BCUT2D eigenvalue weighted by atomic mass is 79.9. The van der Waals surface area contributed by atoms with Crippen molar-refractivity contribution in [2.45, 2.75) is 6.04 Å². The molecule has 0 spiro atoms. The highest BCUT2D eigenvalue weighted by molar-refractivity contribution is 9.10. The third-order valence-electron chi connectivity index (χ3n) is 3.60. The first-order chi connectivity index (χ1) is 11.4. The van der Waals surface area contributed by atoms with E-state index in [0.717, 1.165) is 5.41 Å². The highest BCUT2D eigenvalue weighted by Crippen LogP contribution is 2.27. The van der Waals surface area contributed by atoms with Crippen molar-refractivity contribution >= 4 is 37.4 Å². The zero-order valence-corrected chi connectivity index (χ0v) is 15.1. The van der Waals surface area contributed by atoms with Crippen LogP contribution in [-0.4, -0.2) is 33.2 Å². The van der Waals surface area contributed by atoms with Gasteiger partial charge in [0.15, 0.2) is 20.3 Å². The molecule has 0 N–H and O–H groups in total. The number of rotatable bonds is 4. The van der Waals surface area contributed by atoms with Gasteiger partial charge >= 0.3 is 0 Å². The van der Waals surface area contributed by atoms with Crippen LogP contribution in [0.15, 0.2) is 57.0 Å². The van der Waals surface area contributed by atoms with Crippen LogP contribution in [0.4, 0.5) is 5.69 Å². The summed E-state index contributed by atoms with van der Waals surface area (Å²) in [5, 5.41) is 1.14. The number of furan rings is 1. The lowest BCUT2D eigenvalue weighted by molar-refractivity contribution is 0.0955. The van der Waals surface area contributed by atoms with Gasteiger partial charge in [-0.3, -0.25) is 9.69 Å². The van der Waals surface area contributed by atoms with Crippen LogP contribution in [-0.2, 0) is 9.84 Å². The van der Waals surface area contributed by atoms with E-state index in [2.05, 4.69) is 15.9 Å². The summed E-state index contributed by atoms with van der Waals surface area (Å²) in [4.78, 5) is 14.3. The third kappa shape index (κ3) is 3.39. The van der Waals surface area contributed by atoms with Crippen molar-refractivity contribution in [3.05, 3.63) is 58.3 Å². The Labute approximate surface area is 147 Å². The lowest BCUT2D eigenvalue weighted by Gasteiger charge is -2.27. The van der Waals surface area contributed by atoms with E-state index < -0.39 is 21.8 Å². The Kier molecular flexibility index (Phi) is 4.51. The van der Waals surface area contributed by atoms with E-state index in [4.69, 9.17) is 9.15 Å². The quantitative estimate of drug-likeness (QED) is 0.772. The number of carbonyl (C=O) groups excluding carboxylic acids is 1. The van der Waals surface area contributed by atoms with Crippen LogP contribution < -0.4 is 9.64 Å². The fourth-order valence-corrected chi connectivity index (χ4v) is 4.04. The van der Waals surface area contributed by atoms with Gasteiger partial charge in [-0.05, 0) is 58.4 Å². The molecule has 0 saturated heterocycles. The van der Waals surface area contributed by atoms with Crippen LogP contribution >= 0.6 is 15.9 Å². The first kappa shape index (κ1) is 16.8. The van der Waals surface area contributed by atoms with Gasteiger partial charge in [0.25, 0.3) is 5.91 Å². The monoisotopic (exact) mass is 411 g/mol. The molecule has 1 atom stereocenters. The number of sulfone groups is 1. The van der Waals surface area contributed by atoms with Crippen molar-refractivity contribution in [1.82, 2.24) is 0 Å². The summed E-state index contributed by atoms with van der Waals surface area (Å²) in [5.74, 6) is 0.182. The van der Waals surface area contributed by atoms with Crippen molar-refractivity contribution in [2.24, 2.45) is 0 Å². The zero-order chi connectivity index (χ0) is 17.3. The molecule has 0 bridgehead atoms. The number of carbonyl (C=O) groups is 1. The van der Waals surface area contributed by atoms with Gasteiger partial charge in [0, 0.05) is 11.1 Å². The van der Waals surface area contributed by atoms with Crippen molar-refractivity contribution < 1.29 is 22.4 Å². The molecule has 0 saturated carbocycles. The molecule has 1 aromatic heterocycles. The molecule has 0 radical (unpaired) electrons. The Balaban J connectivity index is 2.00. The van der Waals surface area contributed by atoms with E-state index in [0.29, 0.717) is 16.1 Å². The van der Waals surface area contributed by atoms with Crippen LogP contribution in [0.3, 0.4) is 0 Å². The molecule has 3 rings (SSSR count). The molecule has 126 valence electrons. The number of hydrogen-bond acceptors (Lipinski definition) is 5. The molecule has 2 heterocycles. The standard InChI is InChI=1S/C16H14BrNO5S/c1-22-13-4-2-11(3-5-13)18(12-8-9-24(20,21)10-12)16(19)14-6-7-15(17)23-14/h2-9,12H,10H2,1H3/t12-/m0/s1. The van der Waals surface area contributed by atoms with Gasteiger partial charge in [0.1, 0.15) is 5.75 Å². The topological polar surface area (TPSA) is 76.8 Å². The maximum Gasteiger partial charge on any atom is 0.294 e. The lowest BCUT2D eigenvalue weighted by Crippen LogP contribution is -2.41. The molecule has 8 heteroatoms. The molecule has 1 amide bonds. The summed E-state index contributed by atoms with van der Waals surface area (Å²) < 4.78 is 34.4. The van der Waals surface area contributed by atoms with E-state index in [-0.39, 0.29) is 11.5 Å². The Morgan fingerprint density at radius 1 is 1.25 bits per heavy atom. The number of ether oxygens (including phenoxy) is 1. The summed E-state index contributed by atoms with van der Waals surface area (Å²) in [6.07, 6.45) is 1.51. The molecule has 6 nitrogen and oxygen atoms in total. The van der Waals surface area contributed by atoms with Gasteiger partial charge in [-0.25, -0.2) is 8.42 Å². The maximum absolute atomic E-state index is 12.9. The molecule has 0 unspecified atom stereocenters. The largest absolute Gasteiger partial charge is 0.497 e. The Morgan fingerprint density at radius 3 is 2.46 bits per heavy atom. The zero-order valence-electron chi connectivity index (χ0n) is 12.7. The van der Waals surface area contributed by atoms with Crippen molar-refractivity contribution in [3.63, 3.8) is 0 Å². The van der Waals surface area contributed by atoms with E-state index in [9.17, 15) is 13.2 Å². The normalized spacial score (nSPS) is 18.5. The minimum absolute atomic E-state index is 0.121. The third-order valence-corrected chi connectivity index (χ3v) is 5.40. The van der Waals surface area contributed by atoms with Crippen molar-refractivity contribution in [3.8, 4) is 5.75 Å². The average molecular weight is 412 g/mol. The second-order valence-corrected chi connectivity index (χ2v) is 7.92. The van der Waals surface area contributed by atoms with Gasteiger partial charge in [0.2, 0.25) is 0 Å². The molecule has 1 aromatic carbocycles. The number of benzene rings is 1. The van der Waals surface area contributed by atoms with Crippen molar-refractivity contribution in [2.75, 3.05) is 17.8 Å². The van der Waals surface area contributed by atoms with Crippen LogP contribution in [0.2, 0.25) is 0 Å². The van der Waals surface area contributed by atoms with Gasteiger partial charge in [0.05, 0.1) is 18.9 Å². The molecular formula is C16H14BrNO5S. The highest BCUT2D eigenvalue weighted by Gasteiger charge is 2.33. The van der Waals surface area contributed by atoms with E-state index in [1.807, 2.05) is 0 Å². The Hall–Kier alpha value is -2.06. The predicted octanol–water partition coefficient (Wildman–Crippen LogP) is 3.01. The van der Waals surface area contributed by atoms with Crippen LogP contribution in [0.5, 0.6) is 5.75 Å². The van der Waals surface area contributed by atoms with Gasteiger partial charge in [-0.1, -0.05) is 0 Å². The summed E-state index contributed by atoms with van der Waals surface area (Å²) in [5.41, 5.74) is 0.556. The number of amides is 1. The first-order valence-corrected chi connectivity index (χ1v) is 9.54. The van der Waals surface area contributed by atoms with Crippen LogP contribution in [0.1, 0.15) is 10.6 Å². The van der Waals surface area contributed by atoms with Gasteiger partial charge < -0.3 is 9.15 Å². The molecule has 24 heavy (non-hydrogen) atoms. The number of anilines is 1. The summed E-state index contributed by atoms with van der Waals surface area (Å²) in [6, 6.07) is 9.37. The summed E-state index contributed by atoms with van der Waals surface area (Å²) in [6.45, 7) is 0. The fraction of sp³-hybridized carbons (Fsp3) is 0.188. The van der Waals surface area contributed by atoms with Gasteiger partial charge in [-0.15, -0.1) is 0 Å². The Morgan fingerprint density at radius 2 is 1.96 bits per heavy atom. The second kappa shape index (κ2) is 6.45. The minimum atomic E-state index is -3.31. The smallest absolute Gasteiger partial charge is 0.294 e. The second-order valence-electron chi connectivity index (χ2n) is 5.20. The molecule has 2 aromatic rings. The van der Waals surface area contributed by atoms with E-state index >= 15 is 0 Å². The molecule has 1 aliphatic rings.